The lowest BCUT2D eigenvalue weighted by Crippen LogP contribution is -2.28. The summed E-state index contributed by atoms with van der Waals surface area (Å²) >= 11 is 0. The summed E-state index contributed by atoms with van der Waals surface area (Å²) in [7, 11) is 0. The second-order valence-electron chi connectivity index (χ2n) is 11.6. The quantitative estimate of drug-likeness (QED) is 0.165. The molecule has 50 heavy (non-hydrogen) atoms. The second-order valence-corrected chi connectivity index (χ2v) is 11.6. The van der Waals surface area contributed by atoms with Crippen LogP contribution < -0.4 is 4.90 Å². The van der Waals surface area contributed by atoms with Crippen molar-refractivity contribution in [1.29, 1.82) is 0 Å². The average Bonchev–Trinajstić information content (AvgIpc) is 3.65. The standard InChI is InChI=1S/C49H35N/c1-5-16-36(17-6-1)38-28-32-42(33-29-38)50(43-34-30-39(31-35-43)37-18-7-2-8-19-37)47-27-15-26-46-48(47)44-24-13-14-25-45(44)49(46,40-20-9-3-10-21-40)41-22-11-4-12-23-41/h1-35H/i3D,4D,9D,10D,11D,12D,13D,14D,15D,20D,21D,22D,23D,24D,25D,26D,27D. The van der Waals surface area contributed by atoms with E-state index in [-0.39, 0.29) is 11.3 Å². The minimum Gasteiger partial charge on any atom is -0.310 e. The Balaban J connectivity index is 1.53. The van der Waals surface area contributed by atoms with Crippen LogP contribution in [0.25, 0.3) is 33.4 Å². The molecule has 9 rings (SSSR count). The number of rotatable bonds is 7. The molecule has 1 heteroatoms. The molecule has 8 aromatic carbocycles. The van der Waals surface area contributed by atoms with Gasteiger partial charge in [-0.3, -0.25) is 0 Å². The van der Waals surface area contributed by atoms with E-state index in [1.807, 2.05) is 84.9 Å². The molecule has 236 valence electrons. The molecule has 0 unspecified atom stereocenters. The third-order valence-electron chi connectivity index (χ3n) is 8.98. The first-order valence-electron chi connectivity index (χ1n) is 24.4. The molecule has 0 N–H and O–H groups in total. The van der Waals surface area contributed by atoms with E-state index in [4.69, 9.17) is 11.0 Å². The molecular formula is C49H35N. The molecule has 0 atom stereocenters. The first-order valence-corrected chi connectivity index (χ1v) is 15.9. The molecule has 0 spiro atoms. The van der Waals surface area contributed by atoms with E-state index in [1.165, 1.54) is 0 Å². The molecule has 0 aromatic heterocycles. The van der Waals surface area contributed by atoms with Crippen LogP contribution in [0.3, 0.4) is 0 Å². The maximum atomic E-state index is 9.82. The molecule has 0 bridgehead atoms. The van der Waals surface area contributed by atoms with Gasteiger partial charge in [-0.05, 0) is 80.4 Å². The lowest BCUT2D eigenvalue weighted by Gasteiger charge is -2.34. The summed E-state index contributed by atoms with van der Waals surface area (Å²) < 4.78 is 157. The molecule has 8 aromatic rings. The van der Waals surface area contributed by atoms with Crippen LogP contribution in [0.1, 0.15) is 45.6 Å². The van der Waals surface area contributed by atoms with Crippen LogP contribution in [0.4, 0.5) is 17.1 Å². The SMILES string of the molecule is [2H]c1c([2H])c([2H])c(C2(c3c([2H])c([2H])c([2H])c([2H])c3[2H])c3c([2H])c([2H])c([2H])c([2H])c3-c3c(N(c4ccc(-c5ccccc5)cc4)c4ccc(-c5ccccc5)cc4)c([2H])c([2H])c([2H])c32)c([2H])c1[2H]. The van der Waals surface area contributed by atoms with Gasteiger partial charge in [-0.15, -0.1) is 0 Å². The molecule has 1 nitrogen and oxygen atoms in total. The van der Waals surface area contributed by atoms with Gasteiger partial charge in [0.1, 0.15) is 0 Å². The van der Waals surface area contributed by atoms with Gasteiger partial charge in [-0.1, -0.05) is 182 Å². The molecule has 1 aliphatic rings. The zero-order valence-electron chi connectivity index (χ0n) is 43.3. The van der Waals surface area contributed by atoms with E-state index in [9.17, 15) is 12.3 Å². The Morgan fingerprint density at radius 3 is 1.34 bits per heavy atom. The van der Waals surface area contributed by atoms with Crippen molar-refractivity contribution in [2.24, 2.45) is 0 Å². The topological polar surface area (TPSA) is 3.24 Å². The van der Waals surface area contributed by atoms with Gasteiger partial charge in [0.05, 0.1) is 34.4 Å². The number of anilines is 3. The van der Waals surface area contributed by atoms with Crippen molar-refractivity contribution in [3.63, 3.8) is 0 Å². The molecule has 0 fully saturated rings. The zero-order chi connectivity index (χ0) is 48.1. The first-order chi connectivity index (χ1) is 31.9. The van der Waals surface area contributed by atoms with Crippen LogP contribution in [-0.4, -0.2) is 0 Å². The van der Waals surface area contributed by atoms with Gasteiger partial charge in [-0.2, -0.15) is 0 Å². The van der Waals surface area contributed by atoms with Gasteiger partial charge in [0, 0.05) is 16.9 Å². The summed E-state index contributed by atoms with van der Waals surface area (Å²) in [6.45, 7) is 0. The Kier molecular flexibility index (Phi) is 4.21. The predicted octanol–water partition coefficient (Wildman–Crippen LogP) is 12.9. The largest absolute Gasteiger partial charge is 0.310 e. The lowest BCUT2D eigenvalue weighted by molar-refractivity contribution is 0.768. The smallest absolute Gasteiger partial charge is 0.0714 e. The summed E-state index contributed by atoms with van der Waals surface area (Å²) in [5.74, 6) is 0. The summed E-state index contributed by atoms with van der Waals surface area (Å²) in [6.07, 6.45) is 0. The van der Waals surface area contributed by atoms with Crippen molar-refractivity contribution in [3.8, 4) is 33.4 Å². The third kappa shape index (κ3) is 4.86. The highest BCUT2D eigenvalue weighted by Crippen LogP contribution is 2.59. The molecule has 0 saturated carbocycles. The number of benzene rings is 8. The zero-order valence-corrected chi connectivity index (χ0v) is 26.3. The average molecular weight is 655 g/mol. The number of nitrogens with zero attached hydrogens (tertiary/aromatic N) is 1. The highest BCUT2D eigenvalue weighted by atomic mass is 15.1. The Morgan fingerprint density at radius 2 is 0.820 bits per heavy atom. The van der Waals surface area contributed by atoms with Gasteiger partial charge >= 0.3 is 0 Å². The van der Waals surface area contributed by atoms with Crippen molar-refractivity contribution >= 4 is 17.1 Å². The van der Waals surface area contributed by atoms with Crippen LogP contribution >= 0.6 is 0 Å². The minimum absolute atomic E-state index is 0.233. The summed E-state index contributed by atoms with van der Waals surface area (Å²) in [6, 6.07) is 18.4. The van der Waals surface area contributed by atoms with Crippen LogP contribution in [0.5, 0.6) is 0 Å². The number of hydrogen-bond donors (Lipinski definition) is 0. The van der Waals surface area contributed by atoms with Gasteiger partial charge < -0.3 is 4.90 Å². The molecule has 0 aliphatic heterocycles. The highest BCUT2D eigenvalue weighted by Gasteiger charge is 2.47. The minimum atomic E-state index is -2.92. The molecular weight excluding hydrogens is 603 g/mol. The fourth-order valence-electron chi connectivity index (χ4n) is 6.77. The van der Waals surface area contributed by atoms with Gasteiger partial charge in [0.15, 0.2) is 0 Å². The van der Waals surface area contributed by atoms with Crippen molar-refractivity contribution in [2.75, 3.05) is 4.90 Å². The number of fused-ring (bicyclic) bond motifs is 3. The van der Waals surface area contributed by atoms with Crippen molar-refractivity contribution in [3.05, 3.63) is 234 Å². The second kappa shape index (κ2) is 12.5. The Morgan fingerprint density at radius 1 is 0.380 bits per heavy atom. The molecule has 1 aliphatic carbocycles. The van der Waals surface area contributed by atoms with Crippen LogP contribution in [0.2, 0.25) is 0 Å². The molecule has 0 amide bonds. The van der Waals surface area contributed by atoms with Crippen molar-refractivity contribution < 1.29 is 23.3 Å². The van der Waals surface area contributed by atoms with Crippen molar-refractivity contribution in [2.45, 2.75) is 5.41 Å². The van der Waals surface area contributed by atoms with E-state index in [1.54, 1.807) is 29.2 Å². The highest BCUT2D eigenvalue weighted by molar-refractivity contribution is 5.97. The summed E-state index contributed by atoms with van der Waals surface area (Å²) in [5.41, 5.74) is -2.49. The van der Waals surface area contributed by atoms with Gasteiger partial charge in [-0.25, -0.2) is 0 Å². The fraction of sp³-hybridized carbons (Fsp3) is 0.0204. The maximum Gasteiger partial charge on any atom is 0.0714 e. The molecule has 0 saturated heterocycles. The van der Waals surface area contributed by atoms with Crippen LogP contribution in [0.15, 0.2) is 212 Å². The monoisotopic (exact) mass is 654 g/mol. The van der Waals surface area contributed by atoms with E-state index < -0.39 is 136 Å². The Hall–Kier alpha value is -6.44. The third-order valence-corrected chi connectivity index (χ3v) is 8.98. The van der Waals surface area contributed by atoms with Crippen molar-refractivity contribution in [1.82, 2.24) is 0 Å². The fourth-order valence-corrected chi connectivity index (χ4v) is 6.77. The van der Waals surface area contributed by atoms with E-state index in [0.717, 1.165) is 22.3 Å². The molecule has 0 radical (unpaired) electrons. The maximum absolute atomic E-state index is 9.82. The van der Waals surface area contributed by atoms with Crippen LogP contribution in [-0.2, 0) is 5.41 Å². The Labute approximate surface area is 318 Å². The summed E-state index contributed by atoms with van der Waals surface area (Å²) in [5, 5.41) is 0. The predicted molar refractivity (Wildman–Crippen MR) is 209 cm³/mol. The van der Waals surface area contributed by atoms with E-state index >= 15 is 0 Å². The normalized spacial score (nSPS) is 17.3. The van der Waals surface area contributed by atoms with Gasteiger partial charge in [0.25, 0.3) is 0 Å². The van der Waals surface area contributed by atoms with E-state index in [2.05, 4.69) is 0 Å². The Bertz CT molecular complexity index is 3150. The summed E-state index contributed by atoms with van der Waals surface area (Å²) in [4.78, 5) is 1.56. The van der Waals surface area contributed by atoms with Crippen LogP contribution in [0, 0.1) is 0 Å². The molecule has 0 heterocycles. The number of hydrogen-bond acceptors (Lipinski definition) is 1. The van der Waals surface area contributed by atoms with E-state index in [0.29, 0.717) is 11.4 Å². The van der Waals surface area contributed by atoms with Gasteiger partial charge in [0.2, 0.25) is 0 Å². The first kappa shape index (κ1) is 16.8. The lowest BCUT2D eigenvalue weighted by atomic mass is 9.68.